The smallest absolute Gasteiger partial charge is 0.337 e. The van der Waals surface area contributed by atoms with E-state index in [2.05, 4.69) is 14.4 Å². The highest BCUT2D eigenvalue weighted by Crippen LogP contribution is 2.13. The van der Waals surface area contributed by atoms with Crippen molar-refractivity contribution in [3.05, 3.63) is 53.7 Å². The standard InChI is InChI=1S/C15H16N2O5S/c1-21-14-7-6-11(9-16-14)10-17-23(19,20)13-5-3-4-12(8-13)15(18)22-2/h3-9,17H,10H2,1-2H3. The monoisotopic (exact) mass is 336 g/mol. The number of sulfonamides is 1. The van der Waals surface area contributed by atoms with Gasteiger partial charge in [-0.2, -0.15) is 0 Å². The van der Waals surface area contributed by atoms with E-state index in [1.165, 1.54) is 44.7 Å². The predicted molar refractivity (Wildman–Crippen MR) is 82.6 cm³/mol. The van der Waals surface area contributed by atoms with Crippen molar-refractivity contribution in [2.24, 2.45) is 0 Å². The zero-order valence-corrected chi connectivity index (χ0v) is 13.5. The summed E-state index contributed by atoms with van der Waals surface area (Å²) in [4.78, 5) is 15.5. The van der Waals surface area contributed by atoms with Crippen molar-refractivity contribution in [1.29, 1.82) is 0 Å². The summed E-state index contributed by atoms with van der Waals surface area (Å²) in [6.07, 6.45) is 1.52. The number of rotatable bonds is 6. The van der Waals surface area contributed by atoms with Crippen molar-refractivity contribution in [2.75, 3.05) is 14.2 Å². The van der Waals surface area contributed by atoms with E-state index >= 15 is 0 Å². The van der Waals surface area contributed by atoms with E-state index in [9.17, 15) is 13.2 Å². The van der Waals surface area contributed by atoms with Crippen molar-refractivity contribution in [3.8, 4) is 5.88 Å². The first-order valence-corrected chi connectivity index (χ1v) is 8.11. The molecule has 7 nitrogen and oxygen atoms in total. The van der Waals surface area contributed by atoms with Crippen molar-refractivity contribution < 1.29 is 22.7 Å². The molecule has 0 unspecified atom stereocenters. The van der Waals surface area contributed by atoms with Crippen molar-refractivity contribution in [2.45, 2.75) is 11.4 Å². The number of carbonyl (C=O) groups excluding carboxylic acids is 1. The molecule has 0 spiro atoms. The lowest BCUT2D eigenvalue weighted by Gasteiger charge is -2.08. The van der Waals surface area contributed by atoms with Crippen molar-refractivity contribution in [1.82, 2.24) is 9.71 Å². The maximum atomic E-state index is 12.3. The van der Waals surface area contributed by atoms with Crippen LogP contribution in [-0.4, -0.2) is 33.6 Å². The quantitative estimate of drug-likeness (QED) is 0.800. The fourth-order valence-electron chi connectivity index (χ4n) is 1.81. The average Bonchev–Trinajstić information content (AvgIpc) is 2.60. The van der Waals surface area contributed by atoms with Crippen LogP contribution in [0.3, 0.4) is 0 Å². The van der Waals surface area contributed by atoms with Crippen molar-refractivity contribution >= 4 is 16.0 Å². The molecule has 0 aliphatic carbocycles. The summed E-state index contributed by atoms with van der Waals surface area (Å²) in [5.74, 6) is -0.149. The summed E-state index contributed by atoms with van der Waals surface area (Å²) >= 11 is 0. The first-order chi connectivity index (χ1) is 11.0. The molecular weight excluding hydrogens is 320 g/mol. The molecule has 1 heterocycles. The van der Waals surface area contributed by atoms with E-state index in [4.69, 9.17) is 4.74 Å². The summed E-state index contributed by atoms with van der Waals surface area (Å²) in [5.41, 5.74) is 0.847. The molecule has 0 fully saturated rings. The first-order valence-electron chi connectivity index (χ1n) is 6.63. The van der Waals surface area contributed by atoms with E-state index in [-0.39, 0.29) is 17.0 Å². The van der Waals surface area contributed by atoms with Gasteiger partial charge in [-0.3, -0.25) is 0 Å². The fourth-order valence-corrected chi connectivity index (χ4v) is 2.87. The Bertz CT molecular complexity index is 788. The highest BCUT2D eigenvalue weighted by molar-refractivity contribution is 7.89. The number of nitrogens with zero attached hydrogens (tertiary/aromatic N) is 1. The van der Waals surface area contributed by atoms with Gasteiger partial charge in [-0.25, -0.2) is 22.9 Å². The third kappa shape index (κ3) is 4.27. The second kappa shape index (κ2) is 7.21. The molecule has 0 amide bonds. The number of hydrogen-bond donors (Lipinski definition) is 1. The van der Waals surface area contributed by atoms with Gasteiger partial charge in [0.2, 0.25) is 15.9 Å². The van der Waals surface area contributed by atoms with Gasteiger partial charge in [-0.15, -0.1) is 0 Å². The number of nitrogens with one attached hydrogen (secondary N) is 1. The SMILES string of the molecule is COC(=O)c1cccc(S(=O)(=O)NCc2ccc(OC)nc2)c1. The second-order valence-corrected chi connectivity index (χ2v) is 6.32. The van der Waals surface area contributed by atoms with Crippen LogP contribution in [0.5, 0.6) is 5.88 Å². The Kier molecular flexibility index (Phi) is 5.30. The molecule has 1 aromatic carbocycles. The van der Waals surface area contributed by atoms with Crippen LogP contribution in [0.4, 0.5) is 0 Å². The Balaban J connectivity index is 2.13. The van der Waals surface area contributed by atoms with Gasteiger partial charge in [-0.05, 0) is 23.8 Å². The minimum atomic E-state index is -3.76. The lowest BCUT2D eigenvalue weighted by Crippen LogP contribution is -2.23. The van der Waals surface area contributed by atoms with E-state index in [0.717, 1.165) is 0 Å². The van der Waals surface area contributed by atoms with Gasteiger partial charge in [0, 0.05) is 18.8 Å². The molecule has 0 saturated carbocycles. The molecule has 2 aromatic rings. The number of hydrogen-bond acceptors (Lipinski definition) is 6. The lowest BCUT2D eigenvalue weighted by atomic mass is 10.2. The Morgan fingerprint density at radius 1 is 1.22 bits per heavy atom. The average molecular weight is 336 g/mol. The topological polar surface area (TPSA) is 94.6 Å². The molecule has 122 valence electrons. The van der Waals surface area contributed by atoms with Crippen LogP contribution in [0.2, 0.25) is 0 Å². The second-order valence-electron chi connectivity index (χ2n) is 4.55. The summed E-state index contributed by atoms with van der Waals surface area (Å²) in [6, 6.07) is 8.98. The van der Waals surface area contributed by atoms with E-state index in [1.807, 2.05) is 0 Å². The van der Waals surface area contributed by atoms with Crippen LogP contribution >= 0.6 is 0 Å². The van der Waals surface area contributed by atoms with E-state index in [0.29, 0.717) is 11.4 Å². The maximum Gasteiger partial charge on any atom is 0.337 e. The number of benzene rings is 1. The highest BCUT2D eigenvalue weighted by atomic mass is 32.2. The van der Waals surface area contributed by atoms with Gasteiger partial charge in [0.25, 0.3) is 0 Å². The molecule has 0 aliphatic heterocycles. The number of pyridine rings is 1. The summed E-state index contributed by atoms with van der Waals surface area (Å²) in [7, 11) is -1.02. The zero-order valence-electron chi connectivity index (χ0n) is 12.6. The highest BCUT2D eigenvalue weighted by Gasteiger charge is 2.16. The molecule has 1 aromatic heterocycles. The van der Waals surface area contributed by atoms with Crippen LogP contribution < -0.4 is 9.46 Å². The fraction of sp³-hybridized carbons (Fsp3) is 0.200. The number of esters is 1. The van der Waals surface area contributed by atoms with Gasteiger partial charge >= 0.3 is 5.97 Å². The Morgan fingerprint density at radius 3 is 2.61 bits per heavy atom. The van der Waals surface area contributed by atoms with Gasteiger partial charge in [0.15, 0.2) is 0 Å². The van der Waals surface area contributed by atoms with Crippen LogP contribution in [0.25, 0.3) is 0 Å². The molecule has 0 atom stereocenters. The molecule has 0 aliphatic rings. The van der Waals surface area contributed by atoms with Crippen LogP contribution in [0.1, 0.15) is 15.9 Å². The Morgan fingerprint density at radius 2 is 2.00 bits per heavy atom. The zero-order chi connectivity index (χ0) is 16.9. The molecule has 0 radical (unpaired) electrons. The molecule has 23 heavy (non-hydrogen) atoms. The van der Waals surface area contributed by atoms with Gasteiger partial charge in [0.05, 0.1) is 24.7 Å². The molecule has 0 bridgehead atoms. The maximum absolute atomic E-state index is 12.3. The summed E-state index contributed by atoms with van der Waals surface area (Å²) in [6.45, 7) is 0.0712. The third-order valence-electron chi connectivity index (χ3n) is 3.04. The van der Waals surface area contributed by atoms with Crippen LogP contribution in [0.15, 0.2) is 47.5 Å². The van der Waals surface area contributed by atoms with Gasteiger partial charge < -0.3 is 9.47 Å². The van der Waals surface area contributed by atoms with Gasteiger partial charge in [-0.1, -0.05) is 12.1 Å². The number of aromatic nitrogens is 1. The van der Waals surface area contributed by atoms with Crippen LogP contribution in [0, 0.1) is 0 Å². The Hall–Kier alpha value is -2.45. The van der Waals surface area contributed by atoms with E-state index < -0.39 is 16.0 Å². The van der Waals surface area contributed by atoms with Crippen LogP contribution in [-0.2, 0) is 21.3 Å². The summed E-state index contributed by atoms with van der Waals surface area (Å²) < 4.78 is 36.5. The molecule has 2 rings (SSSR count). The predicted octanol–water partition coefficient (Wildman–Crippen LogP) is 1.36. The molecular formula is C15H16N2O5S. The molecule has 1 N–H and O–H groups in total. The normalized spacial score (nSPS) is 11.0. The number of methoxy groups -OCH3 is 2. The largest absolute Gasteiger partial charge is 0.481 e. The minimum absolute atomic E-state index is 0.0122. The van der Waals surface area contributed by atoms with Crippen molar-refractivity contribution in [3.63, 3.8) is 0 Å². The Labute approximate surface area is 134 Å². The lowest BCUT2D eigenvalue weighted by molar-refractivity contribution is 0.0600. The number of ether oxygens (including phenoxy) is 2. The van der Waals surface area contributed by atoms with E-state index in [1.54, 1.807) is 12.1 Å². The molecule has 8 heteroatoms. The summed E-state index contributed by atoms with van der Waals surface area (Å²) in [5, 5.41) is 0. The van der Waals surface area contributed by atoms with Gasteiger partial charge in [0.1, 0.15) is 0 Å². The first kappa shape index (κ1) is 16.9. The molecule has 0 saturated heterocycles. The number of carbonyl (C=O) groups is 1. The third-order valence-corrected chi connectivity index (χ3v) is 4.44. The minimum Gasteiger partial charge on any atom is -0.481 e.